The van der Waals surface area contributed by atoms with Gasteiger partial charge in [-0.1, -0.05) is 0 Å². The van der Waals surface area contributed by atoms with Crippen molar-refractivity contribution in [3.8, 4) is 11.5 Å². The van der Waals surface area contributed by atoms with Crippen LogP contribution in [0.15, 0.2) is 42.5 Å². The number of hydrogen-bond donors (Lipinski definition) is 2. The molecule has 2 aromatic carbocycles. The molecule has 0 bridgehead atoms. The number of ether oxygens (including phenoxy) is 2. The molecule has 0 spiro atoms. The molecule has 7 nitrogen and oxygen atoms in total. The summed E-state index contributed by atoms with van der Waals surface area (Å²) in [5.41, 5.74) is 1.79. The second-order valence-corrected chi connectivity index (χ2v) is 6.23. The number of benzene rings is 2. The molecule has 0 atom stereocenters. The highest BCUT2D eigenvalue weighted by Crippen LogP contribution is 2.31. The molecule has 0 unspecified atom stereocenters. The molecular formula is C20H25N3O4. The van der Waals surface area contributed by atoms with Crippen molar-refractivity contribution >= 4 is 23.3 Å². The zero-order chi connectivity index (χ0) is 20.0. The fourth-order valence-corrected chi connectivity index (χ4v) is 2.47. The van der Waals surface area contributed by atoms with E-state index in [2.05, 4.69) is 10.6 Å². The average Bonchev–Trinajstić information content (AvgIpc) is 2.66. The first-order valence-corrected chi connectivity index (χ1v) is 8.53. The van der Waals surface area contributed by atoms with Gasteiger partial charge in [-0.2, -0.15) is 0 Å². The van der Waals surface area contributed by atoms with Crippen molar-refractivity contribution in [3.63, 3.8) is 0 Å². The summed E-state index contributed by atoms with van der Waals surface area (Å²) in [5, 5.41) is 5.46. The third-order valence-electron chi connectivity index (χ3n) is 3.87. The molecule has 0 aliphatic heterocycles. The molecule has 27 heavy (non-hydrogen) atoms. The van der Waals surface area contributed by atoms with E-state index < -0.39 is 0 Å². The van der Waals surface area contributed by atoms with E-state index in [1.165, 1.54) is 4.90 Å². The molecule has 2 aromatic rings. The summed E-state index contributed by atoms with van der Waals surface area (Å²) < 4.78 is 10.5. The van der Waals surface area contributed by atoms with E-state index in [1.54, 1.807) is 63.7 Å². The topological polar surface area (TPSA) is 79.9 Å². The van der Waals surface area contributed by atoms with Crippen LogP contribution in [0.5, 0.6) is 11.5 Å². The van der Waals surface area contributed by atoms with Crippen molar-refractivity contribution < 1.29 is 19.1 Å². The summed E-state index contributed by atoms with van der Waals surface area (Å²) in [7, 11) is 4.79. The molecule has 0 aliphatic rings. The normalized spacial score (nSPS) is 10.3. The maximum absolute atomic E-state index is 12.7. The van der Waals surface area contributed by atoms with E-state index in [4.69, 9.17) is 9.47 Å². The fourth-order valence-electron chi connectivity index (χ4n) is 2.47. The van der Waals surface area contributed by atoms with Crippen LogP contribution < -0.4 is 25.0 Å². The fraction of sp³-hybridized carbons (Fsp3) is 0.300. The summed E-state index contributed by atoms with van der Waals surface area (Å²) in [6.07, 6.45) is 0. The number of methoxy groups -OCH3 is 2. The Bertz CT molecular complexity index is 803. The highest BCUT2D eigenvalue weighted by Gasteiger charge is 2.16. The van der Waals surface area contributed by atoms with Crippen LogP contribution >= 0.6 is 0 Å². The molecule has 0 saturated heterocycles. The molecule has 144 valence electrons. The molecule has 0 aromatic heterocycles. The number of hydrogen-bond acceptors (Lipinski definition) is 4. The van der Waals surface area contributed by atoms with E-state index in [-0.39, 0.29) is 18.0 Å². The summed E-state index contributed by atoms with van der Waals surface area (Å²) in [4.78, 5) is 26.0. The first-order valence-electron chi connectivity index (χ1n) is 8.53. The van der Waals surface area contributed by atoms with Gasteiger partial charge in [-0.25, -0.2) is 4.79 Å². The molecular weight excluding hydrogens is 346 g/mol. The van der Waals surface area contributed by atoms with Crippen LogP contribution in [0.25, 0.3) is 0 Å². The first-order chi connectivity index (χ1) is 12.8. The second kappa shape index (κ2) is 8.93. The van der Waals surface area contributed by atoms with Gasteiger partial charge in [-0.3, -0.25) is 4.79 Å². The lowest BCUT2D eigenvalue weighted by Crippen LogP contribution is -2.34. The van der Waals surface area contributed by atoms with Gasteiger partial charge >= 0.3 is 6.03 Å². The Morgan fingerprint density at radius 3 is 2.15 bits per heavy atom. The monoisotopic (exact) mass is 371 g/mol. The molecule has 0 heterocycles. The van der Waals surface area contributed by atoms with Crippen molar-refractivity contribution in [2.75, 3.05) is 31.5 Å². The minimum atomic E-state index is -0.286. The highest BCUT2D eigenvalue weighted by atomic mass is 16.5. The van der Waals surface area contributed by atoms with E-state index in [0.717, 1.165) is 0 Å². The van der Waals surface area contributed by atoms with Gasteiger partial charge in [-0.05, 0) is 50.2 Å². The number of amides is 3. The van der Waals surface area contributed by atoms with Crippen molar-refractivity contribution in [1.29, 1.82) is 0 Å². The van der Waals surface area contributed by atoms with Crippen molar-refractivity contribution in [2.45, 2.75) is 19.9 Å². The van der Waals surface area contributed by atoms with Gasteiger partial charge in [0.2, 0.25) is 0 Å². The van der Waals surface area contributed by atoms with Crippen LogP contribution in [0.4, 0.5) is 16.2 Å². The zero-order valence-electron chi connectivity index (χ0n) is 16.2. The number of carbonyl (C=O) groups is 2. The van der Waals surface area contributed by atoms with Gasteiger partial charge in [0, 0.05) is 36.1 Å². The maximum Gasteiger partial charge on any atom is 0.319 e. The van der Waals surface area contributed by atoms with Crippen molar-refractivity contribution in [1.82, 2.24) is 5.32 Å². The standard InChI is InChI=1S/C20H25N3O4/c1-13(2)21-20(25)22-15-8-6-14(7-9-15)19(24)23(3)16-10-11-17(26-4)18(12-16)27-5/h6-13H,1-5H3,(H2,21,22,25). The van der Waals surface area contributed by atoms with Gasteiger partial charge in [0.15, 0.2) is 11.5 Å². The van der Waals surface area contributed by atoms with Crippen LogP contribution in [0, 0.1) is 0 Å². The van der Waals surface area contributed by atoms with Gasteiger partial charge in [0.05, 0.1) is 14.2 Å². The number of anilines is 2. The van der Waals surface area contributed by atoms with E-state index >= 15 is 0 Å². The van der Waals surface area contributed by atoms with E-state index in [9.17, 15) is 9.59 Å². The summed E-state index contributed by atoms with van der Waals surface area (Å²) in [6, 6.07) is 11.7. The number of nitrogens with zero attached hydrogens (tertiary/aromatic N) is 1. The lowest BCUT2D eigenvalue weighted by molar-refractivity contribution is 0.0993. The molecule has 3 amide bonds. The van der Waals surface area contributed by atoms with Gasteiger partial charge in [0.25, 0.3) is 5.91 Å². The first kappa shape index (κ1) is 20.1. The van der Waals surface area contributed by atoms with Gasteiger partial charge < -0.3 is 25.0 Å². The third-order valence-corrected chi connectivity index (χ3v) is 3.87. The predicted molar refractivity (Wildman–Crippen MR) is 106 cm³/mol. The van der Waals surface area contributed by atoms with Crippen LogP contribution in [0.2, 0.25) is 0 Å². The summed E-state index contributed by atoms with van der Waals surface area (Å²) in [5.74, 6) is 0.961. The lowest BCUT2D eigenvalue weighted by Gasteiger charge is -2.19. The Labute approximate surface area is 159 Å². The second-order valence-electron chi connectivity index (χ2n) is 6.23. The quantitative estimate of drug-likeness (QED) is 0.814. The van der Waals surface area contributed by atoms with Gasteiger partial charge in [-0.15, -0.1) is 0 Å². The van der Waals surface area contributed by atoms with E-state index in [0.29, 0.717) is 28.4 Å². The SMILES string of the molecule is COc1ccc(N(C)C(=O)c2ccc(NC(=O)NC(C)C)cc2)cc1OC. The molecule has 2 rings (SSSR count). The van der Waals surface area contributed by atoms with Crippen molar-refractivity contribution in [3.05, 3.63) is 48.0 Å². The van der Waals surface area contributed by atoms with Crippen LogP contribution in [0.1, 0.15) is 24.2 Å². The Morgan fingerprint density at radius 1 is 0.963 bits per heavy atom. The zero-order valence-corrected chi connectivity index (χ0v) is 16.2. The predicted octanol–water partition coefficient (Wildman–Crippen LogP) is 3.51. The minimum Gasteiger partial charge on any atom is -0.493 e. The lowest BCUT2D eigenvalue weighted by atomic mass is 10.1. The molecule has 0 fully saturated rings. The number of rotatable bonds is 6. The molecule has 2 N–H and O–H groups in total. The smallest absolute Gasteiger partial charge is 0.319 e. The highest BCUT2D eigenvalue weighted by molar-refractivity contribution is 6.06. The molecule has 0 aliphatic carbocycles. The largest absolute Gasteiger partial charge is 0.493 e. The van der Waals surface area contributed by atoms with Crippen LogP contribution in [0.3, 0.4) is 0 Å². The van der Waals surface area contributed by atoms with Gasteiger partial charge in [0.1, 0.15) is 0 Å². The summed E-state index contributed by atoms with van der Waals surface area (Å²) >= 11 is 0. The third kappa shape index (κ3) is 5.13. The summed E-state index contributed by atoms with van der Waals surface area (Å²) in [6.45, 7) is 3.76. The molecule has 0 saturated carbocycles. The Morgan fingerprint density at radius 2 is 1.59 bits per heavy atom. The Kier molecular flexibility index (Phi) is 6.65. The molecule has 0 radical (unpaired) electrons. The van der Waals surface area contributed by atoms with Crippen LogP contribution in [-0.4, -0.2) is 39.2 Å². The minimum absolute atomic E-state index is 0.0426. The number of urea groups is 1. The number of nitrogens with one attached hydrogen (secondary N) is 2. The van der Waals surface area contributed by atoms with Crippen molar-refractivity contribution in [2.24, 2.45) is 0 Å². The average molecular weight is 371 g/mol. The van der Waals surface area contributed by atoms with E-state index in [1.807, 2.05) is 13.8 Å². The van der Waals surface area contributed by atoms with Crippen LogP contribution in [-0.2, 0) is 0 Å². The maximum atomic E-state index is 12.7. The molecule has 7 heteroatoms. The Balaban J connectivity index is 2.11. The Hall–Kier alpha value is -3.22. The number of carbonyl (C=O) groups excluding carboxylic acids is 2.